The van der Waals surface area contributed by atoms with Gasteiger partial charge in [0.1, 0.15) is 5.69 Å². The normalized spacial score (nSPS) is 12.9. The molecule has 0 aliphatic heterocycles. The highest BCUT2D eigenvalue weighted by molar-refractivity contribution is 6.03. The number of carbonyl (C=O) groups is 1. The average Bonchev–Trinajstić information content (AvgIpc) is 3.53. The minimum absolute atomic E-state index is 0.330. The third kappa shape index (κ3) is 2.92. The fourth-order valence-electron chi connectivity index (χ4n) is 4.73. The van der Waals surface area contributed by atoms with E-state index in [4.69, 9.17) is 0 Å². The summed E-state index contributed by atoms with van der Waals surface area (Å²) in [6.45, 7) is 1.99. The summed E-state index contributed by atoms with van der Waals surface area (Å²) in [5.41, 5.74) is 10.5. The number of benzene rings is 3. The van der Waals surface area contributed by atoms with E-state index in [2.05, 4.69) is 56.0 Å². The number of fused-ring (bicyclic) bond motifs is 1. The number of nitrogens with zero attached hydrogens (tertiary/aromatic N) is 2. The average molecular weight is 419 g/mol. The van der Waals surface area contributed by atoms with Crippen LogP contribution in [-0.4, -0.2) is 27.3 Å². The monoisotopic (exact) mass is 419 g/mol. The summed E-state index contributed by atoms with van der Waals surface area (Å²) in [7, 11) is 0. The summed E-state index contributed by atoms with van der Waals surface area (Å²) in [5, 5.41) is 15.0. The number of H-pyrrole nitrogens is 2. The Morgan fingerprint density at radius 3 is 2.75 bits per heavy atom. The van der Waals surface area contributed by atoms with E-state index in [-0.39, 0.29) is 5.91 Å². The zero-order valence-electron chi connectivity index (χ0n) is 17.6. The molecule has 156 valence electrons. The molecule has 0 saturated heterocycles. The molecule has 0 saturated carbocycles. The fraction of sp³-hybridized carbons (Fsp3) is 0.115. The van der Waals surface area contributed by atoms with Gasteiger partial charge in [0.05, 0.1) is 11.9 Å². The van der Waals surface area contributed by atoms with Gasteiger partial charge < -0.3 is 4.98 Å². The molecule has 5 aromatic rings. The molecule has 0 atom stereocenters. The summed E-state index contributed by atoms with van der Waals surface area (Å²) in [6.07, 6.45) is 3.84. The van der Waals surface area contributed by atoms with Crippen LogP contribution in [-0.2, 0) is 12.8 Å². The molecule has 1 amide bonds. The Kier molecular flexibility index (Phi) is 4.18. The fourth-order valence-corrected chi connectivity index (χ4v) is 4.73. The molecule has 0 fully saturated rings. The molecule has 0 radical (unpaired) electrons. The number of nitrogens with one attached hydrogen (secondary N) is 3. The minimum atomic E-state index is -0.330. The number of aromatic nitrogens is 3. The number of amides is 1. The first-order valence-electron chi connectivity index (χ1n) is 10.7. The number of hydrogen-bond donors (Lipinski definition) is 3. The van der Waals surface area contributed by atoms with Crippen LogP contribution in [0.3, 0.4) is 0 Å². The first-order chi connectivity index (χ1) is 15.7. The van der Waals surface area contributed by atoms with Crippen molar-refractivity contribution in [2.75, 3.05) is 0 Å². The molecule has 1 aliphatic rings. The van der Waals surface area contributed by atoms with Gasteiger partial charge in [-0.3, -0.25) is 9.89 Å². The molecule has 3 aromatic carbocycles. The smallest absolute Gasteiger partial charge is 0.289 e. The zero-order chi connectivity index (χ0) is 21.7. The third-order valence-corrected chi connectivity index (χ3v) is 6.28. The summed E-state index contributed by atoms with van der Waals surface area (Å²) < 4.78 is 0. The lowest BCUT2D eigenvalue weighted by Gasteiger charge is -2.06. The summed E-state index contributed by atoms with van der Waals surface area (Å²) in [6, 6.07) is 20.5. The molecule has 0 spiro atoms. The summed E-state index contributed by atoms with van der Waals surface area (Å²) in [4.78, 5) is 16.0. The number of hydrazone groups is 1. The molecule has 6 heteroatoms. The molecule has 2 heterocycles. The topological polar surface area (TPSA) is 85.9 Å². The van der Waals surface area contributed by atoms with Crippen molar-refractivity contribution in [3.63, 3.8) is 0 Å². The number of rotatable bonds is 4. The van der Waals surface area contributed by atoms with Crippen LogP contribution < -0.4 is 5.43 Å². The van der Waals surface area contributed by atoms with Crippen molar-refractivity contribution in [2.24, 2.45) is 5.10 Å². The Labute approximate surface area is 184 Å². The van der Waals surface area contributed by atoms with Gasteiger partial charge >= 0.3 is 0 Å². The van der Waals surface area contributed by atoms with E-state index in [1.54, 1.807) is 12.3 Å². The van der Waals surface area contributed by atoms with E-state index in [0.717, 1.165) is 46.3 Å². The van der Waals surface area contributed by atoms with Gasteiger partial charge in [-0.25, -0.2) is 5.43 Å². The first kappa shape index (κ1) is 18.6. The zero-order valence-corrected chi connectivity index (χ0v) is 17.6. The number of para-hydroxylation sites is 1. The number of aromatic amines is 2. The highest BCUT2D eigenvalue weighted by Gasteiger charge is 2.18. The lowest BCUT2D eigenvalue weighted by molar-refractivity contribution is 0.0950. The Bertz CT molecular complexity index is 1530. The van der Waals surface area contributed by atoms with Crippen LogP contribution >= 0.6 is 0 Å². The van der Waals surface area contributed by atoms with Gasteiger partial charge in [0, 0.05) is 27.7 Å². The van der Waals surface area contributed by atoms with Crippen molar-refractivity contribution in [3.8, 4) is 11.3 Å². The molecule has 2 aromatic heterocycles. The predicted octanol–water partition coefficient (Wildman–Crippen LogP) is 4.88. The first-order valence-corrected chi connectivity index (χ1v) is 10.7. The molecule has 1 aliphatic carbocycles. The second-order valence-electron chi connectivity index (χ2n) is 8.19. The molecule has 3 N–H and O–H groups in total. The van der Waals surface area contributed by atoms with Gasteiger partial charge in [0.2, 0.25) is 0 Å². The van der Waals surface area contributed by atoms with Crippen molar-refractivity contribution < 1.29 is 4.79 Å². The van der Waals surface area contributed by atoms with Crippen LogP contribution in [0.25, 0.3) is 32.9 Å². The van der Waals surface area contributed by atoms with E-state index in [0.29, 0.717) is 5.69 Å². The summed E-state index contributed by atoms with van der Waals surface area (Å²) >= 11 is 0. The lowest BCUT2D eigenvalue weighted by atomic mass is 9.98. The molecular weight excluding hydrogens is 398 g/mol. The maximum Gasteiger partial charge on any atom is 0.289 e. The Balaban J connectivity index is 1.26. The van der Waals surface area contributed by atoms with E-state index < -0.39 is 0 Å². The van der Waals surface area contributed by atoms with E-state index in [9.17, 15) is 4.79 Å². The molecule has 0 bridgehead atoms. The predicted molar refractivity (Wildman–Crippen MR) is 127 cm³/mol. The Morgan fingerprint density at radius 2 is 1.84 bits per heavy atom. The third-order valence-electron chi connectivity index (χ3n) is 6.28. The largest absolute Gasteiger partial charge is 0.358 e. The Morgan fingerprint density at radius 1 is 1.03 bits per heavy atom. The minimum Gasteiger partial charge on any atom is -0.358 e. The maximum atomic E-state index is 12.6. The molecular formula is C26H21N5O. The van der Waals surface area contributed by atoms with Crippen LogP contribution in [0, 0.1) is 6.92 Å². The van der Waals surface area contributed by atoms with E-state index in [1.165, 1.54) is 21.9 Å². The number of carbonyl (C=O) groups excluding carboxylic acids is 1. The quantitative estimate of drug-likeness (QED) is 0.286. The highest BCUT2D eigenvalue weighted by Crippen LogP contribution is 2.36. The number of aryl methyl sites for hydroxylation is 3. The van der Waals surface area contributed by atoms with Crippen molar-refractivity contribution in [1.82, 2.24) is 20.6 Å². The lowest BCUT2D eigenvalue weighted by Crippen LogP contribution is -2.18. The van der Waals surface area contributed by atoms with Crippen LogP contribution in [0.2, 0.25) is 0 Å². The standard InChI is InChI=1S/C26H21N5O/c1-15-21(18-6-2-3-8-22(18)28-15)14-27-31-26(32)24-13-23(29-30-24)19-12-11-17-10-9-16-5-4-7-20(19)25(16)17/h2-8,11-14,28H,9-10H2,1H3,(H,29,30)(H,31,32)/b27-14+. The van der Waals surface area contributed by atoms with Gasteiger partial charge in [0.25, 0.3) is 5.91 Å². The van der Waals surface area contributed by atoms with Crippen LogP contribution in [0.15, 0.2) is 65.8 Å². The van der Waals surface area contributed by atoms with Crippen molar-refractivity contribution in [3.05, 3.63) is 88.7 Å². The van der Waals surface area contributed by atoms with Crippen LogP contribution in [0.1, 0.15) is 32.9 Å². The van der Waals surface area contributed by atoms with Gasteiger partial charge in [-0.15, -0.1) is 0 Å². The van der Waals surface area contributed by atoms with Crippen molar-refractivity contribution in [1.29, 1.82) is 0 Å². The summed E-state index contributed by atoms with van der Waals surface area (Å²) in [5.74, 6) is -0.330. The van der Waals surface area contributed by atoms with Crippen molar-refractivity contribution in [2.45, 2.75) is 19.8 Å². The second kappa shape index (κ2) is 7.20. The highest BCUT2D eigenvalue weighted by atomic mass is 16.2. The molecule has 0 unspecified atom stereocenters. The number of hydrogen-bond acceptors (Lipinski definition) is 3. The Hall–Kier alpha value is -4.19. The van der Waals surface area contributed by atoms with Gasteiger partial charge in [-0.2, -0.15) is 10.2 Å². The molecule has 6 nitrogen and oxygen atoms in total. The van der Waals surface area contributed by atoms with Gasteiger partial charge in [-0.1, -0.05) is 48.5 Å². The van der Waals surface area contributed by atoms with E-state index >= 15 is 0 Å². The SMILES string of the molecule is Cc1[nH]c2ccccc2c1/C=N/NC(=O)c1cc(-c2ccc3c4c(cccc24)CC3)n[nH]1. The van der Waals surface area contributed by atoms with Gasteiger partial charge in [0.15, 0.2) is 0 Å². The van der Waals surface area contributed by atoms with Crippen LogP contribution in [0.4, 0.5) is 0 Å². The second-order valence-corrected chi connectivity index (χ2v) is 8.19. The molecule has 6 rings (SSSR count). The van der Waals surface area contributed by atoms with Crippen molar-refractivity contribution >= 4 is 33.8 Å². The van der Waals surface area contributed by atoms with Gasteiger partial charge in [-0.05, 0) is 53.8 Å². The maximum absolute atomic E-state index is 12.6. The van der Waals surface area contributed by atoms with Crippen LogP contribution in [0.5, 0.6) is 0 Å². The van der Waals surface area contributed by atoms with E-state index in [1.807, 2.05) is 31.2 Å². The molecule has 32 heavy (non-hydrogen) atoms.